The molecule has 2 unspecified atom stereocenters. The molecule has 0 bridgehead atoms. The number of sulfone groups is 1. The third-order valence-electron chi connectivity index (χ3n) is 5.18. The fourth-order valence-electron chi connectivity index (χ4n) is 3.51. The van der Waals surface area contributed by atoms with E-state index in [2.05, 4.69) is 10.3 Å². The molecule has 156 valence electrons. The van der Waals surface area contributed by atoms with Gasteiger partial charge in [-0.1, -0.05) is 41.6 Å². The van der Waals surface area contributed by atoms with E-state index >= 15 is 0 Å². The van der Waals surface area contributed by atoms with E-state index in [0.717, 1.165) is 16.7 Å². The summed E-state index contributed by atoms with van der Waals surface area (Å²) in [5, 5.41) is 7.47. The van der Waals surface area contributed by atoms with E-state index in [1.54, 1.807) is 24.3 Å². The van der Waals surface area contributed by atoms with Gasteiger partial charge >= 0.3 is 0 Å². The average Bonchev–Trinajstić information content (AvgIpc) is 2.71. The molecule has 1 aromatic heterocycles. The second-order valence-corrected chi connectivity index (χ2v) is 9.34. The molecular weight excluding hydrogens is 402 g/mol. The van der Waals surface area contributed by atoms with E-state index in [0.29, 0.717) is 12.1 Å². The number of hydrogen-bond donors (Lipinski definition) is 0. The maximum atomic E-state index is 11.8. The van der Waals surface area contributed by atoms with Crippen molar-refractivity contribution in [2.75, 3.05) is 6.26 Å². The Balaban J connectivity index is 2.05. The van der Waals surface area contributed by atoms with Crippen molar-refractivity contribution in [2.24, 2.45) is 12.2 Å². The fourth-order valence-corrected chi connectivity index (χ4v) is 4.14. The highest BCUT2D eigenvalue weighted by atomic mass is 32.2. The summed E-state index contributed by atoms with van der Waals surface area (Å²) < 4.78 is 24.8. The van der Waals surface area contributed by atoms with E-state index in [-0.39, 0.29) is 16.4 Å². The van der Waals surface area contributed by atoms with Crippen molar-refractivity contribution in [2.45, 2.75) is 30.2 Å². The van der Waals surface area contributed by atoms with Crippen LogP contribution in [-0.4, -0.2) is 24.5 Å². The van der Waals surface area contributed by atoms with Crippen LogP contribution in [0.1, 0.15) is 40.8 Å². The Labute approximate surface area is 175 Å². The van der Waals surface area contributed by atoms with Crippen LogP contribution in [0.4, 0.5) is 0 Å². The summed E-state index contributed by atoms with van der Waals surface area (Å²) >= 11 is 0. The molecule has 3 aromatic rings. The minimum atomic E-state index is -3.31. The topological polar surface area (TPSA) is 98.5 Å². The van der Waals surface area contributed by atoms with Crippen LogP contribution in [0.15, 0.2) is 75.5 Å². The summed E-state index contributed by atoms with van der Waals surface area (Å²) in [6.07, 6.45) is 1.50. The monoisotopic (exact) mass is 425 g/mol. The Kier molecular flexibility index (Phi) is 6.26. The molecule has 3 rings (SSSR count). The zero-order chi connectivity index (χ0) is 21.9. The Morgan fingerprint density at radius 2 is 1.70 bits per heavy atom. The average molecular weight is 426 g/mol. The van der Waals surface area contributed by atoms with Crippen molar-refractivity contribution in [1.29, 1.82) is 0 Å². The number of benzene rings is 2. The van der Waals surface area contributed by atoms with Gasteiger partial charge in [0.05, 0.1) is 10.6 Å². The number of nitroso groups, excluding NO2 is 1. The van der Waals surface area contributed by atoms with E-state index in [1.807, 2.05) is 31.2 Å². The molecule has 0 spiro atoms. The first-order chi connectivity index (χ1) is 14.2. The second kappa shape index (κ2) is 8.71. The first kappa shape index (κ1) is 21.6. The predicted octanol–water partition coefficient (Wildman–Crippen LogP) is 3.52. The van der Waals surface area contributed by atoms with Gasteiger partial charge in [0, 0.05) is 25.3 Å². The minimum absolute atomic E-state index is 0.207. The standard InChI is InChI=1S/C22H23N3O4S/c1-15-6-4-5-7-18(15)19(16-8-10-17(11-9-16)30(3,28)29)14-21(24-27)20-12-13-22(26)25(2)23-20/h4-13,19,21H,14H2,1-3H3. The second-order valence-electron chi connectivity index (χ2n) is 7.33. The minimum Gasteiger partial charge on any atom is -0.268 e. The zero-order valence-corrected chi connectivity index (χ0v) is 17.8. The van der Waals surface area contributed by atoms with Crippen molar-refractivity contribution in [3.63, 3.8) is 0 Å². The van der Waals surface area contributed by atoms with Gasteiger partial charge in [0.2, 0.25) is 0 Å². The summed E-state index contributed by atoms with van der Waals surface area (Å²) in [4.78, 5) is 23.6. The van der Waals surface area contributed by atoms with Crippen LogP contribution in [0.3, 0.4) is 0 Å². The number of aryl methyl sites for hydroxylation is 2. The number of hydrogen-bond acceptors (Lipinski definition) is 6. The van der Waals surface area contributed by atoms with Crippen LogP contribution >= 0.6 is 0 Å². The quantitative estimate of drug-likeness (QED) is 0.539. The lowest BCUT2D eigenvalue weighted by molar-refractivity contribution is 0.552. The molecule has 1 heterocycles. The van der Waals surface area contributed by atoms with Gasteiger partial charge in [0.1, 0.15) is 6.04 Å². The molecule has 0 radical (unpaired) electrons. The summed E-state index contributed by atoms with van der Waals surface area (Å²) in [5.41, 5.74) is 3.08. The van der Waals surface area contributed by atoms with Crippen molar-refractivity contribution in [3.8, 4) is 0 Å². The predicted molar refractivity (Wildman–Crippen MR) is 115 cm³/mol. The summed E-state index contributed by atoms with van der Waals surface area (Å²) in [5.74, 6) is -0.207. The molecule has 0 saturated heterocycles. The third-order valence-corrected chi connectivity index (χ3v) is 6.31. The van der Waals surface area contributed by atoms with E-state index in [9.17, 15) is 18.1 Å². The van der Waals surface area contributed by atoms with Crippen molar-refractivity contribution in [3.05, 3.63) is 98.3 Å². The molecular formula is C22H23N3O4S. The van der Waals surface area contributed by atoms with Crippen molar-refractivity contribution in [1.82, 2.24) is 9.78 Å². The third kappa shape index (κ3) is 4.71. The molecule has 0 amide bonds. The lowest BCUT2D eigenvalue weighted by Gasteiger charge is -2.22. The van der Waals surface area contributed by atoms with Crippen LogP contribution < -0.4 is 5.56 Å². The highest BCUT2D eigenvalue weighted by Gasteiger charge is 2.25. The van der Waals surface area contributed by atoms with Gasteiger partial charge in [-0.15, -0.1) is 0 Å². The molecule has 7 nitrogen and oxygen atoms in total. The summed E-state index contributed by atoms with van der Waals surface area (Å²) in [6, 6.07) is 16.6. The molecule has 0 aliphatic carbocycles. The maximum Gasteiger partial charge on any atom is 0.266 e. The van der Waals surface area contributed by atoms with Gasteiger partial charge < -0.3 is 0 Å². The molecule has 2 atom stereocenters. The molecule has 30 heavy (non-hydrogen) atoms. The fraction of sp³-hybridized carbons (Fsp3) is 0.273. The summed E-state index contributed by atoms with van der Waals surface area (Å²) in [7, 11) is -1.78. The molecule has 0 fully saturated rings. The van der Waals surface area contributed by atoms with Crippen molar-refractivity contribution >= 4 is 9.84 Å². The van der Waals surface area contributed by atoms with Gasteiger partial charge in [0.25, 0.3) is 5.56 Å². The highest BCUT2D eigenvalue weighted by Crippen LogP contribution is 2.36. The largest absolute Gasteiger partial charge is 0.268 e. The molecule has 0 aliphatic heterocycles. The smallest absolute Gasteiger partial charge is 0.266 e. The van der Waals surface area contributed by atoms with Gasteiger partial charge in [-0.25, -0.2) is 13.1 Å². The number of rotatable bonds is 7. The molecule has 8 heteroatoms. The number of nitrogens with zero attached hydrogens (tertiary/aromatic N) is 3. The Morgan fingerprint density at radius 1 is 1.03 bits per heavy atom. The van der Waals surface area contributed by atoms with Gasteiger partial charge in [-0.3, -0.25) is 4.79 Å². The van der Waals surface area contributed by atoms with E-state index < -0.39 is 15.9 Å². The van der Waals surface area contributed by atoms with Crippen LogP contribution in [0, 0.1) is 11.8 Å². The molecule has 0 saturated carbocycles. The Morgan fingerprint density at radius 3 is 2.27 bits per heavy atom. The lowest BCUT2D eigenvalue weighted by atomic mass is 9.83. The van der Waals surface area contributed by atoms with Gasteiger partial charge in [-0.2, -0.15) is 10.0 Å². The first-order valence-corrected chi connectivity index (χ1v) is 11.3. The molecule has 2 aromatic carbocycles. The lowest BCUT2D eigenvalue weighted by Crippen LogP contribution is -2.20. The number of aromatic nitrogens is 2. The summed E-state index contributed by atoms with van der Waals surface area (Å²) in [6.45, 7) is 1.99. The van der Waals surface area contributed by atoms with E-state index in [4.69, 9.17) is 0 Å². The van der Waals surface area contributed by atoms with Gasteiger partial charge in [0.15, 0.2) is 9.84 Å². The van der Waals surface area contributed by atoms with Crippen LogP contribution in [-0.2, 0) is 16.9 Å². The molecule has 0 aliphatic rings. The normalized spacial score (nSPS) is 13.6. The zero-order valence-electron chi connectivity index (χ0n) is 17.0. The van der Waals surface area contributed by atoms with Crippen LogP contribution in [0.5, 0.6) is 0 Å². The molecule has 0 N–H and O–H groups in total. The van der Waals surface area contributed by atoms with Crippen LogP contribution in [0.25, 0.3) is 0 Å². The SMILES string of the molecule is Cc1ccccc1C(CC(N=O)c1ccc(=O)n(C)n1)c1ccc(S(C)(=O)=O)cc1. The highest BCUT2D eigenvalue weighted by molar-refractivity contribution is 7.90. The maximum absolute atomic E-state index is 11.8. The van der Waals surface area contributed by atoms with Crippen LogP contribution in [0.2, 0.25) is 0 Å². The van der Waals surface area contributed by atoms with Gasteiger partial charge in [-0.05, 0) is 48.2 Å². The van der Waals surface area contributed by atoms with Crippen molar-refractivity contribution < 1.29 is 8.42 Å². The Bertz CT molecular complexity index is 1220. The Hall–Kier alpha value is -3.13. The van der Waals surface area contributed by atoms with E-state index in [1.165, 1.54) is 30.1 Å². The first-order valence-electron chi connectivity index (χ1n) is 9.43.